The van der Waals surface area contributed by atoms with Crippen LogP contribution in [0.15, 0.2) is 30.3 Å². The van der Waals surface area contributed by atoms with Crippen LogP contribution in [0.25, 0.3) is 0 Å². The van der Waals surface area contributed by atoms with Gasteiger partial charge >= 0.3 is 24.6 Å². The van der Waals surface area contributed by atoms with E-state index >= 15 is 0 Å². The Hall–Kier alpha value is -0.406. The zero-order chi connectivity index (χ0) is 7.82. The molecule has 0 unspecified atom stereocenters. The van der Waals surface area contributed by atoms with Crippen molar-refractivity contribution < 1.29 is 30.0 Å². The van der Waals surface area contributed by atoms with E-state index in [0.29, 0.717) is 0 Å². The third-order valence-corrected chi connectivity index (χ3v) is 0.607. The van der Waals surface area contributed by atoms with Crippen LogP contribution in [0.3, 0.4) is 0 Å². The molecule has 0 aliphatic carbocycles. The Morgan fingerprint density at radius 3 is 1.36 bits per heavy atom. The largest absolute Gasteiger partial charge is 1.00 e. The van der Waals surface area contributed by atoms with E-state index in [4.69, 9.17) is 0 Å². The molecule has 0 aliphatic rings. The minimum Gasteiger partial charge on any atom is -0.254 e. The second kappa shape index (κ2) is 9.59. The molecule has 1 rings (SSSR count). The molecule has 0 bridgehead atoms. The molecule has 0 amide bonds. The van der Waals surface area contributed by atoms with Crippen LogP contribution < -0.4 is 0 Å². The molecule has 1 aromatic rings. The third kappa shape index (κ3) is 17.7. The predicted molar refractivity (Wildman–Crippen MR) is 34.4 cm³/mol. The summed E-state index contributed by atoms with van der Waals surface area (Å²) >= 11 is 0. The van der Waals surface area contributed by atoms with Crippen molar-refractivity contribution in [2.24, 2.45) is 0 Å². The van der Waals surface area contributed by atoms with E-state index in [1.165, 1.54) is 0 Å². The molecule has 0 radical (unpaired) electrons. The quantitative estimate of drug-likeness (QED) is 0.454. The van der Waals surface area contributed by atoms with Crippen molar-refractivity contribution in [1.82, 2.24) is 0 Å². The first kappa shape index (κ1) is 13.2. The Kier molecular flexibility index (Phi) is 11.5. The third-order valence-electron chi connectivity index (χ3n) is 0.607. The molecular weight excluding hydrogens is 203 g/mol. The maximum Gasteiger partial charge on any atom is 1.00 e. The maximum atomic E-state index is 9.67. The van der Waals surface area contributed by atoms with Crippen molar-refractivity contribution in [1.29, 1.82) is 0 Å². The van der Waals surface area contributed by atoms with Crippen molar-refractivity contribution in [3.8, 4) is 0 Å². The molecule has 11 heavy (non-hydrogen) atoms. The van der Waals surface area contributed by atoms with E-state index in [2.05, 4.69) is 6.07 Å². The summed E-state index contributed by atoms with van der Waals surface area (Å²) in [6.45, 7) is 0. The minimum absolute atomic E-state index is 0. The number of halogens is 3. The molecule has 64 valence electrons. The standard InChI is InChI=1S/C6H5.BF3.Cu/c1-2-4-6-5-3-1;2-1(3)4;/h1-5H;;/q-1;;+1. The van der Waals surface area contributed by atoms with E-state index < -0.39 is 7.54 Å². The SMILES string of the molecule is FB(F)F.[Cu+].[c-]1ccccc1. The van der Waals surface area contributed by atoms with Crippen LogP contribution in [0, 0.1) is 6.07 Å². The van der Waals surface area contributed by atoms with Gasteiger partial charge in [-0.1, -0.05) is 0 Å². The van der Waals surface area contributed by atoms with Crippen LogP contribution in [0.5, 0.6) is 0 Å². The van der Waals surface area contributed by atoms with Crippen LogP contribution in [0.2, 0.25) is 0 Å². The topological polar surface area (TPSA) is 0 Å². The Labute approximate surface area is 74.5 Å². The summed E-state index contributed by atoms with van der Waals surface area (Å²) in [5.41, 5.74) is 0. The molecule has 0 nitrogen and oxygen atoms in total. The molecule has 0 N–H and O–H groups in total. The van der Waals surface area contributed by atoms with Gasteiger partial charge in [0.2, 0.25) is 0 Å². The van der Waals surface area contributed by atoms with Crippen LogP contribution in [0.4, 0.5) is 12.9 Å². The molecule has 0 fully saturated rings. The summed E-state index contributed by atoms with van der Waals surface area (Å²) in [5, 5.41) is 0. The van der Waals surface area contributed by atoms with Gasteiger partial charge in [0.05, 0.1) is 0 Å². The summed E-state index contributed by atoms with van der Waals surface area (Å²) in [4.78, 5) is 0. The fraction of sp³-hybridized carbons (Fsp3) is 0. The molecule has 0 aliphatic heterocycles. The van der Waals surface area contributed by atoms with Crippen LogP contribution in [0.1, 0.15) is 0 Å². The second-order valence-electron chi connectivity index (χ2n) is 1.32. The molecule has 0 aromatic heterocycles. The van der Waals surface area contributed by atoms with Crippen LogP contribution in [-0.2, 0) is 17.1 Å². The number of benzene rings is 1. The fourth-order valence-corrected chi connectivity index (χ4v) is 0.342. The Morgan fingerprint density at radius 1 is 0.909 bits per heavy atom. The zero-order valence-electron chi connectivity index (χ0n) is 5.40. The van der Waals surface area contributed by atoms with Gasteiger partial charge in [-0.05, 0) is 0 Å². The second-order valence-corrected chi connectivity index (χ2v) is 1.32. The Morgan fingerprint density at radius 2 is 1.27 bits per heavy atom. The van der Waals surface area contributed by atoms with Crippen molar-refractivity contribution in [2.75, 3.05) is 0 Å². The average Bonchev–Trinajstić information content (AvgIpc) is 1.90. The molecule has 0 saturated heterocycles. The summed E-state index contributed by atoms with van der Waals surface area (Å²) in [5.74, 6) is 0. The first-order valence-corrected chi connectivity index (χ1v) is 2.57. The minimum atomic E-state index is -3.67. The smallest absolute Gasteiger partial charge is 0.254 e. The fourth-order valence-electron chi connectivity index (χ4n) is 0.342. The van der Waals surface area contributed by atoms with Gasteiger partial charge in [-0.3, -0.25) is 12.9 Å². The summed E-state index contributed by atoms with van der Waals surface area (Å²) in [7, 11) is -3.67. The van der Waals surface area contributed by atoms with Crippen LogP contribution in [-0.4, -0.2) is 7.54 Å². The molecule has 0 atom stereocenters. The normalized spacial score (nSPS) is 6.82. The van der Waals surface area contributed by atoms with E-state index in [-0.39, 0.29) is 17.1 Å². The number of hydrogen-bond donors (Lipinski definition) is 0. The van der Waals surface area contributed by atoms with Crippen LogP contribution >= 0.6 is 0 Å². The molecule has 0 spiro atoms. The molecule has 0 saturated carbocycles. The van der Waals surface area contributed by atoms with Crippen molar-refractivity contribution >= 4 is 7.54 Å². The van der Waals surface area contributed by atoms with Gasteiger partial charge in [-0.25, -0.2) is 0 Å². The van der Waals surface area contributed by atoms with E-state index in [1.54, 1.807) is 0 Å². The number of rotatable bonds is 0. The molecule has 5 heteroatoms. The van der Waals surface area contributed by atoms with E-state index in [0.717, 1.165) is 0 Å². The molecule has 1 aromatic carbocycles. The van der Waals surface area contributed by atoms with Gasteiger partial charge < -0.3 is 0 Å². The Bertz CT molecular complexity index is 118. The van der Waals surface area contributed by atoms with Gasteiger partial charge in [-0.2, -0.15) is 36.4 Å². The molecular formula is C6H5BCuF3. The van der Waals surface area contributed by atoms with Gasteiger partial charge in [0.25, 0.3) is 0 Å². The van der Waals surface area contributed by atoms with Gasteiger partial charge in [0.15, 0.2) is 0 Å². The predicted octanol–water partition coefficient (Wildman–Crippen LogP) is 2.36. The van der Waals surface area contributed by atoms with E-state index in [9.17, 15) is 12.9 Å². The average molecular weight is 208 g/mol. The molecule has 0 heterocycles. The van der Waals surface area contributed by atoms with E-state index in [1.807, 2.05) is 30.3 Å². The van der Waals surface area contributed by atoms with Gasteiger partial charge in [0.1, 0.15) is 0 Å². The monoisotopic (exact) mass is 208 g/mol. The summed E-state index contributed by atoms with van der Waals surface area (Å²) in [6.07, 6.45) is 0. The van der Waals surface area contributed by atoms with Crippen molar-refractivity contribution in [2.45, 2.75) is 0 Å². The maximum absolute atomic E-state index is 9.67. The summed E-state index contributed by atoms with van der Waals surface area (Å²) in [6, 6.07) is 12.5. The Balaban J connectivity index is 0. The first-order chi connectivity index (χ1) is 4.73. The zero-order valence-corrected chi connectivity index (χ0v) is 6.34. The summed E-state index contributed by atoms with van der Waals surface area (Å²) < 4.78 is 29.0. The van der Waals surface area contributed by atoms with Crippen molar-refractivity contribution in [3.05, 3.63) is 36.4 Å². The van der Waals surface area contributed by atoms with Crippen molar-refractivity contribution in [3.63, 3.8) is 0 Å². The van der Waals surface area contributed by atoms with Gasteiger partial charge in [-0.15, -0.1) is 0 Å². The van der Waals surface area contributed by atoms with Gasteiger partial charge in [0, 0.05) is 0 Å². The first-order valence-electron chi connectivity index (χ1n) is 2.57. The number of hydrogen-bond acceptors (Lipinski definition) is 0.